The van der Waals surface area contributed by atoms with Crippen LogP contribution in [-0.4, -0.2) is 88.9 Å². The Bertz CT molecular complexity index is 1690. The molecule has 0 spiro atoms. The smallest absolute Gasteiger partial charge is 0.388 e. The number of carbonyl (C=O) groups is 3. The summed E-state index contributed by atoms with van der Waals surface area (Å²) in [5.74, 6) is 3.85. The van der Waals surface area contributed by atoms with Gasteiger partial charge in [0.15, 0.2) is 23.5 Å². The first kappa shape index (κ1) is 41.6. The number of ether oxygens (including phenoxy) is 3. The van der Waals surface area contributed by atoms with E-state index < -0.39 is 81.4 Å². The number of carbonyl (C=O) groups excluding carboxylic acids is 3. The normalized spacial score (nSPS) is 39.2. The highest BCUT2D eigenvalue weighted by Gasteiger charge is 2.76. The second-order valence-electron chi connectivity index (χ2n) is 15.7. The van der Waals surface area contributed by atoms with Gasteiger partial charge in [0.25, 0.3) is 0 Å². The summed E-state index contributed by atoms with van der Waals surface area (Å²) >= 11 is 0. The van der Waals surface area contributed by atoms with Crippen molar-refractivity contribution >= 4 is 33.1 Å². The predicted molar refractivity (Wildman–Crippen MR) is 192 cm³/mol. The van der Waals surface area contributed by atoms with E-state index in [9.17, 15) is 38.4 Å². The Hall–Kier alpha value is -2.05. The van der Waals surface area contributed by atoms with Gasteiger partial charge in [0.1, 0.15) is 19.3 Å². The molecule has 0 aromatic rings. The molecular formula is C37H53NO14P2. The summed E-state index contributed by atoms with van der Waals surface area (Å²) in [6.45, 7) is 3.92. The molecule has 4 N–H and O–H groups in total. The number of fused-ring (bicyclic) bond motifs is 7. The van der Waals surface area contributed by atoms with Crippen molar-refractivity contribution < 1.29 is 66.0 Å². The molecule has 4 fully saturated rings. The van der Waals surface area contributed by atoms with Gasteiger partial charge in [0, 0.05) is 29.7 Å². The number of phosphoric ester groups is 2. The Morgan fingerprint density at radius 3 is 2.69 bits per heavy atom. The summed E-state index contributed by atoms with van der Waals surface area (Å²) in [6.07, 6.45) is 9.26. The van der Waals surface area contributed by atoms with Crippen LogP contribution in [0.3, 0.4) is 0 Å². The lowest BCUT2D eigenvalue weighted by Gasteiger charge is -2.60. The predicted octanol–water partition coefficient (Wildman–Crippen LogP) is 4.44. The Morgan fingerprint density at radius 2 is 1.93 bits per heavy atom. The van der Waals surface area contributed by atoms with Crippen LogP contribution in [0.2, 0.25) is 0 Å². The van der Waals surface area contributed by atoms with Gasteiger partial charge < -0.3 is 34.4 Å². The average Bonchev–Trinajstić information content (AvgIpc) is 3.57. The molecule has 1 amide bonds. The zero-order valence-electron chi connectivity index (χ0n) is 31.1. The van der Waals surface area contributed by atoms with Crippen LogP contribution in [0.1, 0.15) is 91.4 Å². The molecule has 1 heterocycles. The maximum Gasteiger partial charge on any atom is 0.481 e. The summed E-state index contributed by atoms with van der Waals surface area (Å²) in [5, 5.41) is 12.7. The molecule has 5 aliphatic carbocycles. The van der Waals surface area contributed by atoms with Gasteiger partial charge in [0.2, 0.25) is 5.91 Å². The van der Waals surface area contributed by atoms with Gasteiger partial charge in [0.05, 0.1) is 18.8 Å². The molecule has 1 aliphatic heterocycles. The van der Waals surface area contributed by atoms with Gasteiger partial charge >= 0.3 is 15.6 Å². The van der Waals surface area contributed by atoms with Gasteiger partial charge in [-0.2, -0.15) is 4.31 Å². The summed E-state index contributed by atoms with van der Waals surface area (Å²) in [7, 11) is -10.6. The topological polar surface area (TPSA) is 213 Å². The number of nitrogens with one attached hydrogen (secondary N) is 1. The molecule has 3 saturated carbocycles. The third kappa shape index (κ3) is 8.18. The largest absolute Gasteiger partial charge is 0.481 e. The van der Waals surface area contributed by atoms with Gasteiger partial charge in [-0.3, -0.25) is 23.4 Å². The number of amides is 1. The monoisotopic (exact) mass is 797 g/mol. The molecule has 0 aromatic carbocycles. The van der Waals surface area contributed by atoms with E-state index in [1.54, 1.807) is 12.2 Å². The fraction of sp³-hybridized carbons (Fsp3) is 0.757. The molecule has 12 atom stereocenters. The van der Waals surface area contributed by atoms with Crippen molar-refractivity contribution in [1.82, 2.24) is 5.32 Å². The molecule has 300 valence electrons. The number of aliphatic hydroxyl groups excluding tert-OH is 1. The van der Waals surface area contributed by atoms with Crippen molar-refractivity contribution in [3.8, 4) is 11.8 Å². The number of rotatable bonds is 15. The minimum atomic E-state index is -5.38. The SMILES string of the molecule is CCCC1O[C@@H]2C[C@H]3C4CCC5=CC(=O)C=CC5(C)[C@H]4C(OP(=O)(O)OP(=O)(O)OCCNC(=O)COC4C#CCCCCC4)C[C@]3(C)[C@]2(C(=O)CO)O1. The van der Waals surface area contributed by atoms with Gasteiger partial charge in [-0.25, -0.2) is 9.13 Å². The lowest BCUT2D eigenvalue weighted by molar-refractivity contribution is -0.198. The zero-order valence-corrected chi connectivity index (χ0v) is 32.9. The summed E-state index contributed by atoms with van der Waals surface area (Å²) < 4.78 is 60.7. The van der Waals surface area contributed by atoms with Crippen molar-refractivity contribution in [1.29, 1.82) is 0 Å². The lowest BCUT2D eigenvalue weighted by atomic mass is 9.46. The fourth-order valence-corrected chi connectivity index (χ4v) is 12.5. The molecule has 17 heteroatoms. The minimum Gasteiger partial charge on any atom is -0.388 e. The van der Waals surface area contributed by atoms with E-state index >= 15 is 0 Å². The van der Waals surface area contributed by atoms with Crippen LogP contribution < -0.4 is 5.32 Å². The van der Waals surface area contributed by atoms with E-state index in [2.05, 4.69) is 17.2 Å². The first-order valence-electron chi connectivity index (χ1n) is 19.1. The standard InChI is InChI=1S/C37H53NO14P2/c1-4-10-33-49-31-20-28-27-14-13-24-19-25(40)15-16-35(24,2)34(27)29(21-36(28,3)37(31,50-33)30(41)22-39)51-54(45,46)52-53(43,44)48-18-17-38-32(42)23-47-26-11-8-6-5-7-9-12-26/h15-16,19,26-29,31,33-34,39H,4-8,10-11,13-14,17-18,20-23H2,1-3H3,(H,38,42)(H,43,44)(H,45,46)/t26?,27?,28-,29?,31+,33?,34+,35?,36-,37+/m0/s1. The highest BCUT2D eigenvalue weighted by Crippen LogP contribution is 2.72. The average molecular weight is 798 g/mol. The van der Waals surface area contributed by atoms with Crippen molar-refractivity contribution in [3.63, 3.8) is 0 Å². The number of ketones is 2. The van der Waals surface area contributed by atoms with Crippen LogP contribution in [0.25, 0.3) is 0 Å². The van der Waals surface area contributed by atoms with Gasteiger partial charge in [-0.05, 0) is 75.4 Å². The first-order valence-corrected chi connectivity index (χ1v) is 22.0. The summed E-state index contributed by atoms with van der Waals surface area (Å²) in [4.78, 5) is 60.1. The van der Waals surface area contributed by atoms with E-state index in [4.69, 9.17) is 27.6 Å². The minimum absolute atomic E-state index is 0.0288. The van der Waals surface area contributed by atoms with Crippen LogP contribution in [0.15, 0.2) is 23.8 Å². The maximum absolute atomic E-state index is 13.8. The number of phosphoric acid groups is 2. The van der Waals surface area contributed by atoms with Crippen molar-refractivity contribution in [2.24, 2.45) is 28.6 Å². The van der Waals surface area contributed by atoms with Crippen LogP contribution in [-0.2, 0) is 51.1 Å². The second-order valence-corrected chi connectivity index (χ2v) is 18.7. The Kier molecular flexibility index (Phi) is 12.7. The van der Waals surface area contributed by atoms with Gasteiger partial charge in [-0.15, -0.1) is 5.92 Å². The van der Waals surface area contributed by atoms with E-state index in [1.165, 1.54) is 6.08 Å². The zero-order chi connectivity index (χ0) is 38.9. The molecule has 15 nitrogen and oxygen atoms in total. The number of hydrogen-bond donors (Lipinski definition) is 4. The Morgan fingerprint density at radius 1 is 1.13 bits per heavy atom. The number of aliphatic hydroxyl groups is 1. The van der Waals surface area contributed by atoms with E-state index in [1.807, 2.05) is 20.8 Å². The molecule has 6 aliphatic rings. The molecule has 1 saturated heterocycles. The molecule has 6 rings (SSSR count). The van der Waals surface area contributed by atoms with Crippen LogP contribution in [0, 0.1) is 40.4 Å². The highest BCUT2D eigenvalue weighted by atomic mass is 31.3. The van der Waals surface area contributed by atoms with Crippen molar-refractivity contribution in [3.05, 3.63) is 23.8 Å². The first-order chi connectivity index (χ1) is 25.6. The van der Waals surface area contributed by atoms with Crippen molar-refractivity contribution in [2.75, 3.05) is 26.4 Å². The molecule has 0 bridgehead atoms. The van der Waals surface area contributed by atoms with Gasteiger partial charge in [-0.1, -0.05) is 51.2 Å². The maximum atomic E-state index is 13.8. The summed E-state index contributed by atoms with van der Waals surface area (Å²) in [5.41, 5.74) is -2.59. The van der Waals surface area contributed by atoms with Crippen LogP contribution in [0.4, 0.5) is 0 Å². The fourth-order valence-electron chi connectivity index (χ4n) is 10.2. The molecule has 7 unspecified atom stereocenters. The molecule has 0 aromatic heterocycles. The highest BCUT2D eigenvalue weighted by molar-refractivity contribution is 7.61. The molecule has 54 heavy (non-hydrogen) atoms. The molecule has 0 radical (unpaired) electrons. The second kappa shape index (κ2) is 16.4. The molecular weight excluding hydrogens is 744 g/mol. The third-order valence-corrected chi connectivity index (χ3v) is 15.1. The number of Topliss-reactive ketones (excluding diaryl/α,β-unsaturated/α-hetero) is 1. The van der Waals surface area contributed by atoms with E-state index in [0.717, 1.165) is 44.1 Å². The van der Waals surface area contributed by atoms with E-state index in [-0.39, 0.29) is 43.3 Å². The Balaban J connectivity index is 1.17. The quantitative estimate of drug-likeness (QED) is 0.103. The van der Waals surface area contributed by atoms with E-state index in [0.29, 0.717) is 25.7 Å². The number of allylic oxidation sites excluding steroid dienone is 4. The summed E-state index contributed by atoms with van der Waals surface area (Å²) in [6, 6.07) is 0. The lowest BCUT2D eigenvalue weighted by Crippen LogP contribution is -2.63. The Labute approximate surface area is 316 Å². The van der Waals surface area contributed by atoms with Crippen molar-refractivity contribution in [2.45, 2.75) is 122 Å². The third-order valence-electron chi connectivity index (χ3n) is 12.4. The van der Waals surface area contributed by atoms with Crippen LogP contribution in [0.5, 0.6) is 0 Å². The van der Waals surface area contributed by atoms with Crippen LogP contribution >= 0.6 is 15.6 Å². The number of hydrogen-bond acceptors (Lipinski definition) is 12.